The van der Waals surface area contributed by atoms with Gasteiger partial charge in [-0.15, -0.1) is 0 Å². The smallest absolute Gasteiger partial charge is 0.225 e. The first kappa shape index (κ1) is 17.9. The minimum Gasteiger partial charge on any atom is -0.369 e. The van der Waals surface area contributed by atoms with Gasteiger partial charge < -0.3 is 5.73 Å². The number of carbonyl (C=O) groups excluding carboxylic acids is 1. The minimum atomic E-state index is -0.530. The van der Waals surface area contributed by atoms with Crippen LogP contribution in [0.3, 0.4) is 0 Å². The van der Waals surface area contributed by atoms with Gasteiger partial charge in [-0.05, 0) is 50.8 Å². The Morgan fingerprint density at radius 2 is 2.08 bits per heavy atom. The molecule has 1 amide bonds. The first-order chi connectivity index (χ1) is 11.9. The van der Waals surface area contributed by atoms with E-state index in [-0.39, 0.29) is 0 Å². The molecule has 0 spiro atoms. The Morgan fingerprint density at radius 1 is 1.40 bits per heavy atom. The van der Waals surface area contributed by atoms with Crippen molar-refractivity contribution in [1.29, 1.82) is 0 Å². The lowest BCUT2D eigenvalue weighted by molar-refractivity contribution is -0.119. The van der Waals surface area contributed by atoms with E-state index in [1.807, 2.05) is 13.8 Å². The number of amides is 1. The first-order valence-corrected chi connectivity index (χ1v) is 9.05. The van der Waals surface area contributed by atoms with Crippen LogP contribution in [0.25, 0.3) is 0 Å². The summed E-state index contributed by atoms with van der Waals surface area (Å²) in [7, 11) is 0. The second kappa shape index (κ2) is 7.16. The van der Waals surface area contributed by atoms with Crippen molar-refractivity contribution in [3.05, 3.63) is 51.6 Å². The third kappa shape index (κ3) is 3.56. The highest BCUT2D eigenvalue weighted by atomic mass is 35.5. The molecule has 1 atom stereocenters. The van der Waals surface area contributed by atoms with E-state index in [4.69, 9.17) is 17.3 Å². The van der Waals surface area contributed by atoms with E-state index in [9.17, 15) is 9.18 Å². The van der Waals surface area contributed by atoms with Crippen LogP contribution in [0.5, 0.6) is 0 Å². The molecule has 1 heterocycles. The van der Waals surface area contributed by atoms with E-state index in [1.165, 1.54) is 25.0 Å². The van der Waals surface area contributed by atoms with Crippen LogP contribution in [0.2, 0.25) is 5.02 Å². The van der Waals surface area contributed by atoms with Crippen LogP contribution in [0, 0.1) is 19.7 Å². The molecule has 1 aliphatic rings. The molecule has 0 radical (unpaired) electrons. The molecule has 4 nitrogen and oxygen atoms in total. The molecule has 0 aliphatic heterocycles. The molecule has 134 valence electrons. The highest BCUT2D eigenvalue weighted by molar-refractivity contribution is 6.31. The third-order valence-corrected chi connectivity index (χ3v) is 5.53. The quantitative estimate of drug-likeness (QED) is 0.864. The number of rotatable bonds is 5. The fraction of sp³-hybridized carbons (Fsp3) is 0.474. The van der Waals surface area contributed by atoms with E-state index in [2.05, 4.69) is 9.78 Å². The lowest BCUT2D eigenvalue weighted by Crippen LogP contribution is -2.24. The molecular weight excluding hydrogens is 341 g/mol. The van der Waals surface area contributed by atoms with Crippen LogP contribution in [-0.4, -0.2) is 15.7 Å². The van der Waals surface area contributed by atoms with Crippen LogP contribution in [0.15, 0.2) is 18.2 Å². The second-order valence-corrected chi connectivity index (χ2v) is 7.27. The monoisotopic (exact) mass is 363 g/mol. The van der Waals surface area contributed by atoms with E-state index in [1.54, 1.807) is 6.07 Å². The van der Waals surface area contributed by atoms with Gasteiger partial charge in [0.15, 0.2) is 0 Å². The number of hydrogen-bond donors (Lipinski definition) is 1. The topological polar surface area (TPSA) is 60.9 Å². The number of benzene rings is 1. The van der Waals surface area contributed by atoms with E-state index < -0.39 is 17.6 Å². The summed E-state index contributed by atoms with van der Waals surface area (Å²) in [6.45, 7) is 3.91. The standard InChI is InChI=1S/C19H23ClFN3O/c1-11-18(12(2)24(23-11)15-5-3-4-6-15)16(19(22)25)9-13-7-8-14(21)10-17(13)20/h7-8,10,15-16H,3-6,9H2,1-2H3,(H2,22,25). The zero-order valence-corrected chi connectivity index (χ0v) is 15.3. The Hall–Kier alpha value is -1.88. The molecule has 1 unspecified atom stereocenters. The fourth-order valence-corrected chi connectivity index (χ4v) is 4.18. The van der Waals surface area contributed by atoms with Crippen molar-refractivity contribution < 1.29 is 9.18 Å². The summed E-state index contributed by atoms with van der Waals surface area (Å²) in [5, 5.41) is 5.00. The van der Waals surface area contributed by atoms with Gasteiger partial charge >= 0.3 is 0 Å². The van der Waals surface area contributed by atoms with Crippen LogP contribution in [0.4, 0.5) is 4.39 Å². The van der Waals surface area contributed by atoms with Crippen LogP contribution in [0.1, 0.15) is 60.2 Å². The van der Waals surface area contributed by atoms with Crippen molar-refractivity contribution in [3.8, 4) is 0 Å². The largest absolute Gasteiger partial charge is 0.369 e. The number of carbonyl (C=O) groups is 1. The zero-order chi connectivity index (χ0) is 18.1. The van der Waals surface area contributed by atoms with Gasteiger partial charge in [0, 0.05) is 16.3 Å². The fourth-order valence-electron chi connectivity index (χ4n) is 3.94. The molecular formula is C19H23ClFN3O. The van der Waals surface area contributed by atoms with Gasteiger partial charge in [0.05, 0.1) is 17.7 Å². The maximum Gasteiger partial charge on any atom is 0.225 e. The Bertz CT molecular complexity index is 796. The van der Waals surface area contributed by atoms with E-state index >= 15 is 0 Å². The van der Waals surface area contributed by atoms with Gasteiger partial charge in [-0.1, -0.05) is 30.5 Å². The number of nitrogens with two attached hydrogens (primary N) is 1. The van der Waals surface area contributed by atoms with Gasteiger partial charge in [0.1, 0.15) is 5.82 Å². The highest BCUT2D eigenvalue weighted by Gasteiger charge is 2.29. The summed E-state index contributed by atoms with van der Waals surface area (Å²) < 4.78 is 15.3. The Morgan fingerprint density at radius 3 is 2.68 bits per heavy atom. The molecule has 2 N–H and O–H groups in total. The Balaban J connectivity index is 1.97. The molecule has 1 saturated carbocycles. The Kier molecular flexibility index (Phi) is 5.13. The Labute approximate surface area is 152 Å². The summed E-state index contributed by atoms with van der Waals surface area (Å²) in [6.07, 6.45) is 5.00. The van der Waals surface area contributed by atoms with Crippen molar-refractivity contribution in [2.45, 2.75) is 57.9 Å². The number of halogens is 2. The molecule has 1 aromatic carbocycles. The van der Waals surface area contributed by atoms with Gasteiger partial charge in [-0.2, -0.15) is 5.10 Å². The normalized spacial score (nSPS) is 16.3. The van der Waals surface area contributed by atoms with Crippen molar-refractivity contribution in [1.82, 2.24) is 9.78 Å². The summed E-state index contributed by atoms with van der Waals surface area (Å²) in [6, 6.07) is 4.62. The van der Waals surface area contributed by atoms with E-state index in [0.29, 0.717) is 23.0 Å². The molecule has 1 aromatic heterocycles. The van der Waals surface area contributed by atoms with Crippen molar-refractivity contribution in [3.63, 3.8) is 0 Å². The number of primary amides is 1. The maximum absolute atomic E-state index is 13.3. The van der Waals surface area contributed by atoms with Gasteiger partial charge in [0.2, 0.25) is 5.91 Å². The zero-order valence-electron chi connectivity index (χ0n) is 14.6. The average Bonchev–Trinajstić information content (AvgIpc) is 3.16. The number of aryl methyl sites for hydroxylation is 1. The molecule has 1 aliphatic carbocycles. The van der Waals surface area contributed by atoms with Gasteiger partial charge in [-0.3, -0.25) is 9.48 Å². The van der Waals surface area contributed by atoms with Crippen molar-refractivity contribution in [2.75, 3.05) is 0 Å². The molecule has 25 heavy (non-hydrogen) atoms. The SMILES string of the molecule is Cc1nn(C2CCCC2)c(C)c1C(Cc1ccc(F)cc1Cl)C(N)=O. The molecule has 0 bridgehead atoms. The molecule has 0 saturated heterocycles. The first-order valence-electron chi connectivity index (χ1n) is 8.67. The molecule has 1 fully saturated rings. The van der Waals surface area contributed by atoms with E-state index in [0.717, 1.165) is 29.8 Å². The molecule has 3 rings (SSSR count). The number of aromatic nitrogens is 2. The van der Waals surface area contributed by atoms with Crippen molar-refractivity contribution >= 4 is 17.5 Å². The van der Waals surface area contributed by atoms with Crippen LogP contribution in [-0.2, 0) is 11.2 Å². The summed E-state index contributed by atoms with van der Waals surface area (Å²) in [5.74, 6) is -1.35. The second-order valence-electron chi connectivity index (χ2n) is 6.86. The van der Waals surface area contributed by atoms with Crippen LogP contribution < -0.4 is 5.73 Å². The predicted molar refractivity (Wildman–Crippen MR) is 96.3 cm³/mol. The minimum absolute atomic E-state index is 0.310. The lowest BCUT2D eigenvalue weighted by Gasteiger charge is -2.17. The number of hydrogen-bond acceptors (Lipinski definition) is 2. The summed E-state index contributed by atoms with van der Waals surface area (Å²) in [5.41, 5.74) is 9.10. The average molecular weight is 364 g/mol. The predicted octanol–water partition coefficient (Wildman–Crippen LogP) is 4.22. The maximum atomic E-state index is 13.3. The van der Waals surface area contributed by atoms with Crippen LogP contribution >= 0.6 is 11.6 Å². The molecule has 6 heteroatoms. The lowest BCUT2D eigenvalue weighted by atomic mass is 9.90. The highest BCUT2D eigenvalue weighted by Crippen LogP contribution is 2.35. The third-order valence-electron chi connectivity index (χ3n) is 5.18. The summed E-state index contributed by atoms with van der Waals surface area (Å²) in [4.78, 5) is 12.2. The van der Waals surface area contributed by atoms with Gasteiger partial charge in [0.25, 0.3) is 0 Å². The van der Waals surface area contributed by atoms with Gasteiger partial charge in [-0.25, -0.2) is 4.39 Å². The van der Waals surface area contributed by atoms with Crippen molar-refractivity contribution in [2.24, 2.45) is 5.73 Å². The number of nitrogens with zero attached hydrogens (tertiary/aromatic N) is 2. The summed E-state index contributed by atoms with van der Waals surface area (Å²) >= 11 is 6.14. The molecule has 2 aromatic rings.